The maximum Gasteiger partial charge on any atom is 0.0712 e. The van der Waals surface area contributed by atoms with Crippen LogP contribution in [0.5, 0.6) is 0 Å². The Labute approximate surface area is 101 Å². The zero-order valence-corrected chi connectivity index (χ0v) is 11.0. The molecular formula is C14H26N2. The summed E-state index contributed by atoms with van der Waals surface area (Å²) in [6, 6.07) is 0.975. The molecule has 1 aliphatic heterocycles. The summed E-state index contributed by atoms with van der Waals surface area (Å²) in [7, 11) is 0. The third-order valence-corrected chi connectivity index (χ3v) is 3.24. The van der Waals surface area contributed by atoms with Crippen molar-refractivity contribution in [3.8, 4) is 12.3 Å². The first-order valence-corrected chi connectivity index (χ1v) is 6.61. The SMILES string of the molecule is C#CC(CCC)N1CCNC(CC(C)C)C1. The predicted octanol–water partition coefficient (Wildman–Crippen LogP) is 2.11. The minimum Gasteiger partial charge on any atom is -0.311 e. The van der Waals surface area contributed by atoms with Gasteiger partial charge in [-0.2, -0.15) is 0 Å². The van der Waals surface area contributed by atoms with E-state index < -0.39 is 0 Å². The van der Waals surface area contributed by atoms with Crippen LogP contribution in [0.15, 0.2) is 0 Å². The van der Waals surface area contributed by atoms with Gasteiger partial charge < -0.3 is 5.32 Å². The van der Waals surface area contributed by atoms with Crippen LogP contribution in [0.3, 0.4) is 0 Å². The topological polar surface area (TPSA) is 15.3 Å². The molecule has 2 atom stereocenters. The standard InChI is InChI=1S/C14H26N2/c1-5-7-14(6-2)16-9-8-15-13(11-16)10-12(3)4/h2,12-15H,5,7-11H2,1,3-4H3. The van der Waals surface area contributed by atoms with Crippen LogP contribution in [0.1, 0.15) is 40.0 Å². The van der Waals surface area contributed by atoms with E-state index in [1.54, 1.807) is 0 Å². The number of rotatable bonds is 5. The Kier molecular flexibility index (Phi) is 5.87. The van der Waals surface area contributed by atoms with Crippen molar-refractivity contribution >= 4 is 0 Å². The highest BCUT2D eigenvalue weighted by Gasteiger charge is 2.24. The van der Waals surface area contributed by atoms with Gasteiger partial charge in [-0.15, -0.1) is 6.42 Å². The zero-order valence-electron chi connectivity index (χ0n) is 11.0. The molecule has 2 nitrogen and oxygen atoms in total. The average molecular weight is 222 g/mol. The molecule has 1 saturated heterocycles. The second kappa shape index (κ2) is 6.93. The normalized spacial score (nSPS) is 24.3. The molecule has 1 aliphatic rings. The molecule has 2 unspecified atom stereocenters. The Hall–Kier alpha value is -0.520. The van der Waals surface area contributed by atoms with Gasteiger partial charge in [-0.05, 0) is 18.8 Å². The number of terminal acetylenes is 1. The largest absolute Gasteiger partial charge is 0.311 e. The first-order chi connectivity index (χ1) is 7.67. The lowest BCUT2D eigenvalue weighted by Crippen LogP contribution is -2.54. The van der Waals surface area contributed by atoms with Gasteiger partial charge in [0, 0.05) is 25.7 Å². The third-order valence-electron chi connectivity index (χ3n) is 3.24. The molecule has 92 valence electrons. The molecule has 1 rings (SSSR count). The molecule has 2 heteroatoms. The fourth-order valence-corrected chi connectivity index (χ4v) is 2.51. The summed E-state index contributed by atoms with van der Waals surface area (Å²) in [6.45, 7) is 10.1. The fourth-order valence-electron chi connectivity index (χ4n) is 2.51. The maximum absolute atomic E-state index is 5.62. The Bertz CT molecular complexity index is 229. The van der Waals surface area contributed by atoms with Crippen molar-refractivity contribution in [2.24, 2.45) is 5.92 Å². The summed E-state index contributed by atoms with van der Waals surface area (Å²) in [5.74, 6) is 3.70. The lowest BCUT2D eigenvalue weighted by molar-refractivity contribution is 0.155. The van der Waals surface area contributed by atoms with Crippen LogP contribution >= 0.6 is 0 Å². The van der Waals surface area contributed by atoms with Crippen LogP contribution in [-0.2, 0) is 0 Å². The summed E-state index contributed by atoms with van der Waals surface area (Å²) in [5, 5.41) is 3.59. The van der Waals surface area contributed by atoms with E-state index in [1.807, 2.05) is 0 Å². The Morgan fingerprint density at radius 3 is 2.81 bits per heavy atom. The molecule has 1 N–H and O–H groups in total. The molecule has 0 spiro atoms. The summed E-state index contributed by atoms with van der Waals surface area (Å²) in [4.78, 5) is 2.48. The molecular weight excluding hydrogens is 196 g/mol. The quantitative estimate of drug-likeness (QED) is 0.717. The number of piperazine rings is 1. The summed E-state index contributed by atoms with van der Waals surface area (Å²) in [5.41, 5.74) is 0. The van der Waals surface area contributed by atoms with E-state index in [1.165, 1.54) is 12.8 Å². The van der Waals surface area contributed by atoms with Crippen LogP contribution in [0.4, 0.5) is 0 Å². The van der Waals surface area contributed by atoms with E-state index in [0.29, 0.717) is 12.1 Å². The van der Waals surface area contributed by atoms with Gasteiger partial charge in [0.05, 0.1) is 6.04 Å². The minimum atomic E-state index is 0.349. The van der Waals surface area contributed by atoms with Crippen LogP contribution in [0.2, 0.25) is 0 Å². The molecule has 0 amide bonds. The van der Waals surface area contributed by atoms with Gasteiger partial charge >= 0.3 is 0 Å². The molecule has 1 fully saturated rings. The van der Waals surface area contributed by atoms with Gasteiger partial charge in [0.1, 0.15) is 0 Å². The fraction of sp³-hybridized carbons (Fsp3) is 0.857. The smallest absolute Gasteiger partial charge is 0.0712 e. The number of nitrogens with one attached hydrogen (secondary N) is 1. The van der Waals surface area contributed by atoms with E-state index in [9.17, 15) is 0 Å². The molecule has 0 radical (unpaired) electrons. The second-order valence-electron chi connectivity index (χ2n) is 5.25. The highest BCUT2D eigenvalue weighted by atomic mass is 15.2. The summed E-state index contributed by atoms with van der Waals surface area (Å²) in [6.07, 6.45) is 9.18. The summed E-state index contributed by atoms with van der Waals surface area (Å²) >= 11 is 0. The molecule has 0 aromatic heterocycles. The molecule has 16 heavy (non-hydrogen) atoms. The van der Waals surface area contributed by atoms with Crippen molar-refractivity contribution < 1.29 is 0 Å². The van der Waals surface area contributed by atoms with E-state index in [2.05, 4.69) is 36.9 Å². The van der Waals surface area contributed by atoms with E-state index in [0.717, 1.165) is 32.0 Å². The molecule has 0 bridgehead atoms. The van der Waals surface area contributed by atoms with Crippen molar-refractivity contribution in [1.82, 2.24) is 10.2 Å². The van der Waals surface area contributed by atoms with Crippen molar-refractivity contribution in [1.29, 1.82) is 0 Å². The van der Waals surface area contributed by atoms with Crippen LogP contribution in [0.25, 0.3) is 0 Å². The Morgan fingerprint density at radius 1 is 1.50 bits per heavy atom. The highest BCUT2D eigenvalue weighted by molar-refractivity contribution is 5.01. The number of hydrogen-bond donors (Lipinski definition) is 1. The monoisotopic (exact) mass is 222 g/mol. The lowest BCUT2D eigenvalue weighted by atomic mass is 10.0. The van der Waals surface area contributed by atoms with Gasteiger partial charge in [0.2, 0.25) is 0 Å². The van der Waals surface area contributed by atoms with Crippen molar-refractivity contribution in [2.45, 2.75) is 52.1 Å². The lowest BCUT2D eigenvalue weighted by Gasteiger charge is -2.37. The number of hydrogen-bond acceptors (Lipinski definition) is 2. The average Bonchev–Trinajstić information content (AvgIpc) is 2.25. The van der Waals surface area contributed by atoms with Crippen LogP contribution in [0, 0.1) is 18.3 Å². The predicted molar refractivity (Wildman–Crippen MR) is 70.3 cm³/mol. The minimum absolute atomic E-state index is 0.349. The van der Waals surface area contributed by atoms with Crippen molar-refractivity contribution in [3.05, 3.63) is 0 Å². The number of nitrogens with zero attached hydrogens (tertiary/aromatic N) is 1. The van der Waals surface area contributed by atoms with Crippen molar-refractivity contribution in [2.75, 3.05) is 19.6 Å². The summed E-state index contributed by atoms with van der Waals surface area (Å²) < 4.78 is 0. The van der Waals surface area contributed by atoms with Crippen LogP contribution in [-0.4, -0.2) is 36.6 Å². The first-order valence-electron chi connectivity index (χ1n) is 6.61. The first kappa shape index (κ1) is 13.5. The van der Waals surface area contributed by atoms with Gasteiger partial charge in [0.15, 0.2) is 0 Å². The molecule has 0 aromatic carbocycles. The van der Waals surface area contributed by atoms with Crippen molar-refractivity contribution in [3.63, 3.8) is 0 Å². The van der Waals surface area contributed by atoms with Gasteiger partial charge in [0.25, 0.3) is 0 Å². The van der Waals surface area contributed by atoms with Gasteiger partial charge in [-0.1, -0.05) is 33.1 Å². The van der Waals surface area contributed by atoms with Crippen LogP contribution < -0.4 is 5.32 Å². The third kappa shape index (κ3) is 4.15. The second-order valence-corrected chi connectivity index (χ2v) is 5.25. The van der Waals surface area contributed by atoms with Gasteiger partial charge in [-0.25, -0.2) is 0 Å². The van der Waals surface area contributed by atoms with Gasteiger partial charge in [-0.3, -0.25) is 4.90 Å². The zero-order chi connectivity index (χ0) is 12.0. The van der Waals surface area contributed by atoms with E-state index in [-0.39, 0.29) is 0 Å². The Morgan fingerprint density at radius 2 is 2.25 bits per heavy atom. The molecule has 1 heterocycles. The molecule has 0 aromatic rings. The van der Waals surface area contributed by atoms with E-state index in [4.69, 9.17) is 6.42 Å². The molecule has 0 aliphatic carbocycles. The highest BCUT2D eigenvalue weighted by Crippen LogP contribution is 2.13. The maximum atomic E-state index is 5.62. The van der Waals surface area contributed by atoms with E-state index >= 15 is 0 Å². The Balaban J connectivity index is 2.45. The molecule has 0 saturated carbocycles.